The molecular weight excluding hydrogens is 203 g/mol. The molecule has 0 fully saturated rings. The molecule has 0 amide bonds. The maximum atomic E-state index is 12.2. The first-order chi connectivity index (χ1) is 6.34. The third kappa shape index (κ3) is 3.40. The van der Waals surface area contributed by atoms with Gasteiger partial charge >= 0.3 is 5.97 Å². The highest BCUT2D eigenvalue weighted by molar-refractivity contribution is 7.59. The summed E-state index contributed by atoms with van der Waals surface area (Å²) < 4.78 is 20.2. The van der Waals surface area contributed by atoms with E-state index < -0.39 is 13.4 Å². The molecule has 0 aliphatic carbocycles. The molecule has 0 aliphatic heterocycles. The van der Waals surface area contributed by atoms with Crippen molar-refractivity contribution >= 4 is 13.4 Å². The molecule has 0 N–H and O–H groups in total. The monoisotopic (exact) mass is 222 g/mol. The van der Waals surface area contributed by atoms with E-state index in [2.05, 4.69) is 0 Å². The second-order valence-corrected chi connectivity index (χ2v) is 6.57. The molecule has 84 valence electrons. The van der Waals surface area contributed by atoms with Crippen LogP contribution < -0.4 is 0 Å². The predicted octanol–water partition coefficient (Wildman–Crippen LogP) is 0.866. The first-order valence-electron chi connectivity index (χ1n) is 4.45. The summed E-state index contributed by atoms with van der Waals surface area (Å²) in [6.45, 7) is 2.05. The largest absolute Gasteiger partial charge is 0.466 e. The Bertz CT molecular complexity index is 229. The third-order valence-corrected chi connectivity index (χ3v) is 5.06. The normalized spacial score (nSPS) is 12.2. The summed E-state index contributed by atoms with van der Waals surface area (Å²) in [4.78, 5) is 11.2. The molecule has 0 saturated carbocycles. The Hall–Kier alpha value is -0.380. The van der Waals surface area contributed by atoms with Crippen molar-refractivity contribution < 1.29 is 14.1 Å². The van der Waals surface area contributed by atoms with Gasteiger partial charge in [0.05, 0.1) is 6.61 Å². The van der Waals surface area contributed by atoms with Gasteiger partial charge in [0.25, 0.3) is 0 Å². The zero-order valence-corrected chi connectivity index (χ0v) is 10.4. The summed E-state index contributed by atoms with van der Waals surface area (Å²) in [6, 6.07) is 0. The van der Waals surface area contributed by atoms with Gasteiger partial charge in [-0.3, -0.25) is 9.36 Å². The average Bonchev–Trinajstić information content (AvgIpc) is 2.03. The molecule has 14 heavy (non-hydrogen) atoms. The fraction of sp³-hybridized carbons (Fsp3) is 0.875. The van der Waals surface area contributed by atoms with E-state index in [1.807, 2.05) is 0 Å². The lowest BCUT2D eigenvalue weighted by Gasteiger charge is -2.29. The molecule has 0 spiro atoms. The van der Waals surface area contributed by atoms with Crippen LogP contribution in [0.5, 0.6) is 0 Å². The number of esters is 1. The van der Waals surface area contributed by atoms with Crippen LogP contribution in [0.4, 0.5) is 0 Å². The zero-order valence-electron chi connectivity index (χ0n) is 9.48. The number of carbonyl (C=O) groups excluding carboxylic acids is 1. The van der Waals surface area contributed by atoms with Crippen molar-refractivity contribution in [2.75, 3.05) is 41.0 Å². The molecule has 0 heterocycles. The van der Waals surface area contributed by atoms with E-state index in [9.17, 15) is 9.36 Å². The smallest absolute Gasteiger partial charge is 0.315 e. The maximum Gasteiger partial charge on any atom is 0.315 e. The van der Waals surface area contributed by atoms with Crippen molar-refractivity contribution in [1.29, 1.82) is 0 Å². The zero-order chi connectivity index (χ0) is 11.4. The van der Waals surface area contributed by atoms with Gasteiger partial charge in [-0.15, -0.1) is 0 Å². The van der Waals surface area contributed by atoms with Gasteiger partial charge in [0.1, 0.15) is 6.16 Å². The van der Waals surface area contributed by atoms with Gasteiger partial charge in [-0.1, -0.05) is 0 Å². The van der Waals surface area contributed by atoms with E-state index in [0.717, 1.165) is 0 Å². The summed E-state index contributed by atoms with van der Waals surface area (Å²) in [5, 5.41) is 0. The minimum absolute atomic E-state index is 0.0686. The predicted molar refractivity (Wildman–Crippen MR) is 56.5 cm³/mol. The van der Waals surface area contributed by atoms with Crippen LogP contribution in [0.2, 0.25) is 0 Å². The van der Waals surface area contributed by atoms with E-state index >= 15 is 0 Å². The number of rotatable bonds is 5. The summed E-state index contributed by atoms with van der Waals surface area (Å²) in [7, 11) is 4.02. The molecule has 5 nitrogen and oxygen atoms in total. The Labute approximate surface area is 85.5 Å². The molecule has 0 radical (unpaired) electrons. The molecule has 0 aromatic rings. The molecule has 0 rings (SSSR count). The van der Waals surface area contributed by atoms with Gasteiger partial charge in [0, 0.05) is 0 Å². The molecule has 0 atom stereocenters. The molecule has 0 bridgehead atoms. The highest BCUT2D eigenvalue weighted by Gasteiger charge is 2.31. The molecule has 0 unspecified atom stereocenters. The van der Waals surface area contributed by atoms with Gasteiger partial charge in [-0.2, -0.15) is 0 Å². The van der Waals surface area contributed by atoms with Crippen molar-refractivity contribution in [3.8, 4) is 0 Å². The topological polar surface area (TPSA) is 49.9 Å². The van der Waals surface area contributed by atoms with Crippen LogP contribution in [-0.2, 0) is 14.1 Å². The van der Waals surface area contributed by atoms with Gasteiger partial charge in [0.15, 0.2) is 0 Å². The highest BCUT2D eigenvalue weighted by Crippen LogP contribution is 2.48. The van der Waals surface area contributed by atoms with E-state index in [1.54, 1.807) is 44.5 Å². The number of carbonyl (C=O) groups is 1. The van der Waals surface area contributed by atoms with E-state index in [-0.39, 0.29) is 6.16 Å². The lowest BCUT2D eigenvalue weighted by molar-refractivity contribution is -0.140. The summed E-state index contributed by atoms with van der Waals surface area (Å²) in [6.07, 6.45) is -0.0686. The van der Waals surface area contributed by atoms with Crippen LogP contribution in [0.1, 0.15) is 6.92 Å². The maximum absolute atomic E-state index is 12.2. The van der Waals surface area contributed by atoms with Crippen LogP contribution in [0.3, 0.4) is 0 Å². The SMILES string of the molecule is CCOC(=O)CP(=O)(N(C)C)N(C)C. The minimum atomic E-state index is -2.76. The standard InChI is InChI=1S/C8H19N2O3P/c1-6-13-8(11)7-14(12,9(2)3)10(4)5/h6-7H2,1-5H3. The first-order valence-corrected chi connectivity index (χ1v) is 6.24. The van der Waals surface area contributed by atoms with E-state index in [4.69, 9.17) is 4.74 Å². The fourth-order valence-corrected chi connectivity index (χ4v) is 2.72. The minimum Gasteiger partial charge on any atom is -0.466 e. The average molecular weight is 222 g/mol. The lowest BCUT2D eigenvalue weighted by Crippen LogP contribution is -2.27. The fourth-order valence-electron chi connectivity index (χ4n) is 1.02. The van der Waals surface area contributed by atoms with Crippen LogP contribution in [-0.4, -0.2) is 56.3 Å². The van der Waals surface area contributed by atoms with Crippen molar-refractivity contribution in [2.24, 2.45) is 0 Å². The van der Waals surface area contributed by atoms with Crippen LogP contribution >= 0.6 is 7.44 Å². The molecule has 0 aromatic carbocycles. The Balaban J connectivity index is 4.55. The van der Waals surface area contributed by atoms with E-state index in [0.29, 0.717) is 6.61 Å². The second kappa shape index (κ2) is 5.49. The Morgan fingerprint density at radius 2 is 1.64 bits per heavy atom. The van der Waals surface area contributed by atoms with Crippen LogP contribution in [0, 0.1) is 0 Å². The molecule has 0 aromatic heterocycles. The van der Waals surface area contributed by atoms with E-state index in [1.165, 1.54) is 0 Å². The van der Waals surface area contributed by atoms with Gasteiger partial charge in [0.2, 0.25) is 7.44 Å². The second-order valence-electron chi connectivity index (χ2n) is 3.32. The molecule has 0 saturated heterocycles. The Kier molecular flexibility index (Phi) is 5.34. The summed E-state index contributed by atoms with van der Waals surface area (Å²) in [5.41, 5.74) is 0. The Morgan fingerprint density at radius 1 is 1.21 bits per heavy atom. The number of hydrogen-bond donors (Lipinski definition) is 0. The van der Waals surface area contributed by atoms with Crippen molar-refractivity contribution in [2.45, 2.75) is 6.92 Å². The molecule has 0 aliphatic rings. The number of ether oxygens (including phenoxy) is 1. The van der Waals surface area contributed by atoms with Gasteiger partial charge in [-0.25, -0.2) is 9.34 Å². The van der Waals surface area contributed by atoms with Crippen molar-refractivity contribution in [1.82, 2.24) is 9.34 Å². The summed E-state index contributed by atoms with van der Waals surface area (Å²) in [5.74, 6) is -0.418. The molecule has 6 heteroatoms. The summed E-state index contributed by atoms with van der Waals surface area (Å²) >= 11 is 0. The Morgan fingerprint density at radius 3 is 1.93 bits per heavy atom. The van der Waals surface area contributed by atoms with Crippen molar-refractivity contribution in [3.05, 3.63) is 0 Å². The van der Waals surface area contributed by atoms with Crippen molar-refractivity contribution in [3.63, 3.8) is 0 Å². The van der Waals surface area contributed by atoms with Crippen LogP contribution in [0.15, 0.2) is 0 Å². The number of hydrogen-bond acceptors (Lipinski definition) is 3. The number of nitrogens with zero attached hydrogens (tertiary/aromatic N) is 2. The van der Waals surface area contributed by atoms with Gasteiger partial charge in [-0.05, 0) is 35.1 Å². The van der Waals surface area contributed by atoms with Crippen LogP contribution in [0.25, 0.3) is 0 Å². The third-order valence-electron chi connectivity index (χ3n) is 1.89. The quantitative estimate of drug-likeness (QED) is 0.510. The highest BCUT2D eigenvalue weighted by atomic mass is 31.2. The van der Waals surface area contributed by atoms with Gasteiger partial charge < -0.3 is 4.74 Å². The first kappa shape index (κ1) is 13.6. The lowest BCUT2D eigenvalue weighted by atomic mass is 10.8. The molecular formula is C8H19N2O3P.